The molecule has 0 fully saturated rings. The summed E-state index contributed by atoms with van der Waals surface area (Å²) in [6.45, 7) is 3.91. The molecule has 0 aliphatic rings. The van der Waals surface area contributed by atoms with Crippen molar-refractivity contribution in [2.75, 3.05) is 14.2 Å². The highest BCUT2D eigenvalue weighted by atomic mass is 35.5. The van der Waals surface area contributed by atoms with Crippen LogP contribution in [0.3, 0.4) is 0 Å². The molecule has 30 heavy (non-hydrogen) atoms. The van der Waals surface area contributed by atoms with Crippen molar-refractivity contribution < 1.29 is 18.3 Å². The lowest BCUT2D eigenvalue weighted by Crippen LogP contribution is -2.20. The zero-order chi connectivity index (χ0) is 21.9. The van der Waals surface area contributed by atoms with Crippen LogP contribution in [-0.4, -0.2) is 14.2 Å². The van der Waals surface area contributed by atoms with Gasteiger partial charge in [0.05, 0.1) is 14.2 Å². The quantitative estimate of drug-likeness (QED) is 0.354. The number of hydrogen-bond acceptors (Lipinski definition) is 3. The summed E-state index contributed by atoms with van der Waals surface area (Å²) in [5.41, 5.74) is 1.28. The summed E-state index contributed by atoms with van der Waals surface area (Å²) in [7, 11) is 3.15. The third-order valence-corrected chi connectivity index (χ3v) is 6.54. The minimum absolute atomic E-state index is 0.320. The van der Waals surface area contributed by atoms with Gasteiger partial charge in [-0.2, -0.15) is 0 Å². The Kier molecular flexibility index (Phi) is 6.94. The van der Waals surface area contributed by atoms with Crippen molar-refractivity contribution in [2.45, 2.75) is 29.9 Å². The normalized spacial score (nSPS) is 11.4. The molecule has 0 saturated heterocycles. The van der Waals surface area contributed by atoms with Crippen molar-refractivity contribution in [3.8, 4) is 11.5 Å². The van der Waals surface area contributed by atoms with E-state index in [9.17, 15) is 4.39 Å². The molecule has 0 radical (unpaired) electrons. The molecule has 0 atom stereocenters. The number of hydrogen-bond donors (Lipinski definition) is 0. The lowest BCUT2D eigenvalue weighted by molar-refractivity contribution is 0.353. The van der Waals surface area contributed by atoms with Gasteiger partial charge in [-0.05, 0) is 47.5 Å². The molecule has 2 nitrogen and oxygen atoms in total. The Morgan fingerprint density at radius 3 is 2.27 bits per heavy atom. The van der Waals surface area contributed by atoms with Gasteiger partial charge >= 0.3 is 0 Å². The Balaban J connectivity index is 1.85. The summed E-state index contributed by atoms with van der Waals surface area (Å²) in [5.74, 6) is 0.859. The molecule has 3 aromatic carbocycles. The van der Waals surface area contributed by atoms with E-state index in [-0.39, 0.29) is 11.6 Å². The van der Waals surface area contributed by atoms with E-state index in [1.54, 1.807) is 32.4 Å². The van der Waals surface area contributed by atoms with Gasteiger partial charge in [0.2, 0.25) is 0 Å². The highest BCUT2D eigenvalue weighted by Crippen LogP contribution is 2.39. The Hall–Kier alpha value is -2.24. The van der Waals surface area contributed by atoms with Gasteiger partial charge in [-0.1, -0.05) is 43.6 Å². The Morgan fingerprint density at radius 2 is 1.63 bits per heavy atom. The molecule has 0 aromatic heterocycles. The van der Waals surface area contributed by atoms with Crippen molar-refractivity contribution in [3.05, 3.63) is 87.9 Å². The monoisotopic (exact) mass is 448 g/mol. The smallest absolute Gasteiger partial charge is 0.161 e. The fraction of sp³-hybridized carbons (Fsp3) is 0.250. The first-order valence-corrected chi connectivity index (χ1v) is 10.7. The molecule has 3 aromatic rings. The average Bonchev–Trinajstić information content (AvgIpc) is 2.72. The minimum Gasteiger partial charge on any atom is -0.493 e. The van der Waals surface area contributed by atoms with Crippen LogP contribution in [0, 0.1) is 11.6 Å². The highest BCUT2D eigenvalue weighted by molar-refractivity contribution is 7.98. The van der Waals surface area contributed by atoms with Crippen LogP contribution in [0.25, 0.3) is 0 Å². The summed E-state index contributed by atoms with van der Waals surface area (Å²) >= 11 is 7.42. The van der Waals surface area contributed by atoms with E-state index in [2.05, 4.69) is 0 Å². The first kappa shape index (κ1) is 22.4. The largest absolute Gasteiger partial charge is 0.493 e. The van der Waals surface area contributed by atoms with Crippen molar-refractivity contribution in [3.63, 3.8) is 0 Å². The van der Waals surface area contributed by atoms with Crippen molar-refractivity contribution in [1.29, 1.82) is 0 Å². The molecule has 0 N–H and O–H groups in total. The first-order chi connectivity index (χ1) is 14.3. The van der Waals surface area contributed by atoms with Gasteiger partial charge in [-0.25, -0.2) is 8.78 Å². The lowest BCUT2D eigenvalue weighted by Gasteiger charge is -2.27. The van der Waals surface area contributed by atoms with Gasteiger partial charge in [0.25, 0.3) is 0 Å². The summed E-state index contributed by atoms with van der Waals surface area (Å²) < 4.78 is 39.7. The number of halogens is 3. The number of methoxy groups -OCH3 is 2. The zero-order valence-electron chi connectivity index (χ0n) is 17.3. The van der Waals surface area contributed by atoms with E-state index < -0.39 is 5.41 Å². The van der Waals surface area contributed by atoms with Crippen LogP contribution < -0.4 is 9.47 Å². The summed E-state index contributed by atoms with van der Waals surface area (Å²) in [6, 6.07) is 15.3. The second-order valence-electron chi connectivity index (χ2n) is 7.33. The van der Waals surface area contributed by atoms with Crippen LogP contribution >= 0.6 is 23.4 Å². The van der Waals surface area contributed by atoms with Crippen LogP contribution in [0.4, 0.5) is 8.78 Å². The molecule has 0 unspecified atom stereocenters. The zero-order valence-corrected chi connectivity index (χ0v) is 18.8. The van der Waals surface area contributed by atoms with Crippen LogP contribution in [-0.2, 0) is 11.2 Å². The van der Waals surface area contributed by atoms with Crippen LogP contribution in [0.2, 0.25) is 5.02 Å². The number of ether oxygens (including phenoxy) is 2. The lowest BCUT2D eigenvalue weighted by atomic mass is 9.78. The molecule has 0 amide bonds. The van der Waals surface area contributed by atoms with E-state index in [4.69, 9.17) is 21.1 Å². The van der Waals surface area contributed by atoms with Crippen LogP contribution in [0.1, 0.15) is 30.5 Å². The second kappa shape index (κ2) is 9.27. The molecule has 158 valence electrons. The van der Waals surface area contributed by atoms with Gasteiger partial charge in [0.1, 0.15) is 11.6 Å². The molecular formula is C24H23ClF2O2S. The molecule has 0 spiro atoms. The predicted octanol–water partition coefficient (Wildman–Crippen LogP) is 7.25. The maximum absolute atomic E-state index is 15.1. The molecule has 3 rings (SSSR count). The second-order valence-corrected chi connectivity index (χ2v) is 8.78. The number of thioether (sulfide) groups is 1. The van der Waals surface area contributed by atoms with Crippen LogP contribution in [0.15, 0.2) is 59.5 Å². The molecule has 0 aliphatic carbocycles. The first-order valence-electron chi connectivity index (χ1n) is 9.36. The third-order valence-electron chi connectivity index (χ3n) is 5.16. The SMILES string of the molecule is COc1ccc(C(C)(C)c2ccc(SCc3c(F)cccc3Cl)cc2F)cc1OC. The van der Waals surface area contributed by atoms with E-state index in [0.717, 1.165) is 5.56 Å². The van der Waals surface area contributed by atoms with E-state index in [1.807, 2.05) is 38.1 Å². The van der Waals surface area contributed by atoms with Gasteiger partial charge in [0.15, 0.2) is 11.5 Å². The van der Waals surface area contributed by atoms with E-state index in [0.29, 0.717) is 38.3 Å². The molecule has 0 saturated carbocycles. The Labute approximate surface area is 185 Å². The van der Waals surface area contributed by atoms with Crippen LogP contribution in [0.5, 0.6) is 11.5 Å². The standard InChI is InChI=1S/C24H23ClF2O2S/c1-24(2,15-8-11-22(28-3)23(12-15)29-4)18-10-9-16(13-21(18)27)30-14-17-19(25)6-5-7-20(17)26/h5-13H,14H2,1-4H3. The maximum Gasteiger partial charge on any atom is 0.161 e. The number of benzene rings is 3. The summed E-state index contributed by atoms with van der Waals surface area (Å²) in [5, 5.41) is 0.370. The average molecular weight is 449 g/mol. The topological polar surface area (TPSA) is 18.5 Å². The van der Waals surface area contributed by atoms with Crippen molar-refractivity contribution in [2.24, 2.45) is 0 Å². The van der Waals surface area contributed by atoms with Crippen molar-refractivity contribution >= 4 is 23.4 Å². The minimum atomic E-state index is -0.596. The van der Waals surface area contributed by atoms with Gasteiger partial charge in [0, 0.05) is 26.6 Å². The fourth-order valence-corrected chi connectivity index (χ4v) is 4.56. The third kappa shape index (κ3) is 4.57. The predicted molar refractivity (Wildman–Crippen MR) is 119 cm³/mol. The highest BCUT2D eigenvalue weighted by Gasteiger charge is 2.27. The summed E-state index contributed by atoms with van der Waals surface area (Å²) in [6.07, 6.45) is 0. The molecular weight excluding hydrogens is 426 g/mol. The van der Waals surface area contributed by atoms with Gasteiger partial charge in [-0.3, -0.25) is 0 Å². The summed E-state index contributed by atoms with van der Waals surface area (Å²) in [4.78, 5) is 0.707. The molecule has 0 bridgehead atoms. The number of rotatable bonds is 7. The Morgan fingerprint density at radius 1 is 0.900 bits per heavy atom. The van der Waals surface area contributed by atoms with Gasteiger partial charge in [-0.15, -0.1) is 11.8 Å². The van der Waals surface area contributed by atoms with Crippen molar-refractivity contribution in [1.82, 2.24) is 0 Å². The molecule has 0 aliphatic heterocycles. The Bertz CT molecular complexity index is 1030. The van der Waals surface area contributed by atoms with E-state index in [1.165, 1.54) is 23.9 Å². The fourth-order valence-electron chi connectivity index (χ4n) is 3.30. The molecule has 0 heterocycles. The van der Waals surface area contributed by atoms with E-state index >= 15 is 4.39 Å². The molecule has 6 heteroatoms. The van der Waals surface area contributed by atoms with Gasteiger partial charge < -0.3 is 9.47 Å². The maximum atomic E-state index is 15.1.